The number of anilines is 1. The summed E-state index contributed by atoms with van der Waals surface area (Å²) >= 11 is 11.8. The van der Waals surface area contributed by atoms with E-state index in [0.717, 1.165) is 0 Å². The Morgan fingerprint density at radius 2 is 1.95 bits per heavy atom. The maximum Gasteiger partial charge on any atom is 0.358 e. The van der Waals surface area contributed by atoms with Gasteiger partial charge in [-0.2, -0.15) is 0 Å². The van der Waals surface area contributed by atoms with Crippen LogP contribution in [0.1, 0.15) is 10.5 Å². The van der Waals surface area contributed by atoms with Gasteiger partial charge in [-0.25, -0.2) is 14.8 Å². The summed E-state index contributed by atoms with van der Waals surface area (Å²) in [5, 5.41) is 0.303. The van der Waals surface area contributed by atoms with E-state index in [4.69, 9.17) is 33.7 Å². The second-order valence-corrected chi connectivity index (χ2v) is 4.71. The maximum absolute atomic E-state index is 11.7. The van der Waals surface area contributed by atoms with E-state index in [0.29, 0.717) is 11.3 Å². The molecular weight excluding hydrogens is 317 g/mol. The molecule has 0 aromatic carbocycles. The third kappa shape index (κ3) is 3.01. The van der Waals surface area contributed by atoms with Crippen molar-refractivity contribution >= 4 is 34.9 Å². The number of methoxy groups -OCH3 is 2. The minimum absolute atomic E-state index is 0.0338. The SMILES string of the molecule is COC(=O)c1nc(-c2ccc(Cl)nc2OC)cc(N)c1Cl. The fourth-order valence-electron chi connectivity index (χ4n) is 1.69. The van der Waals surface area contributed by atoms with Crippen molar-refractivity contribution in [2.45, 2.75) is 0 Å². The zero-order valence-electron chi connectivity index (χ0n) is 11.2. The second kappa shape index (κ2) is 6.15. The van der Waals surface area contributed by atoms with Crippen molar-refractivity contribution in [3.05, 3.63) is 34.1 Å². The molecule has 0 aliphatic heterocycles. The highest BCUT2D eigenvalue weighted by Gasteiger charge is 2.19. The van der Waals surface area contributed by atoms with Crippen molar-refractivity contribution in [1.82, 2.24) is 9.97 Å². The lowest BCUT2D eigenvalue weighted by Crippen LogP contribution is -2.08. The summed E-state index contributed by atoms with van der Waals surface area (Å²) in [6.45, 7) is 0. The topological polar surface area (TPSA) is 87.3 Å². The zero-order valence-corrected chi connectivity index (χ0v) is 12.7. The van der Waals surface area contributed by atoms with Crippen LogP contribution in [0.25, 0.3) is 11.3 Å². The highest BCUT2D eigenvalue weighted by atomic mass is 35.5. The van der Waals surface area contributed by atoms with Crippen LogP contribution in [0.5, 0.6) is 5.88 Å². The van der Waals surface area contributed by atoms with Gasteiger partial charge >= 0.3 is 5.97 Å². The Morgan fingerprint density at radius 1 is 1.24 bits per heavy atom. The van der Waals surface area contributed by atoms with Crippen LogP contribution in [-0.4, -0.2) is 30.2 Å². The molecule has 6 nitrogen and oxygen atoms in total. The number of esters is 1. The van der Waals surface area contributed by atoms with Crippen LogP contribution in [0.15, 0.2) is 18.2 Å². The molecule has 0 atom stereocenters. The molecule has 0 bridgehead atoms. The smallest absolute Gasteiger partial charge is 0.358 e. The molecule has 110 valence electrons. The molecule has 8 heteroatoms. The van der Waals surface area contributed by atoms with Gasteiger partial charge in [-0.15, -0.1) is 0 Å². The second-order valence-electron chi connectivity index (χ2n) is 3.94. The lowest BCUT2D eigenvalue weighted by atomic mass is 10.1. The number of carbonyl (C=O) groups excluding carboxylic acids is 1. The van der Waals surface area contributed by atoms with E-state index in [1.54, 1.807) is 12.1 Å². The average Bonchev–Trinajstić information content (AvgIpc) is 2.49. The first-order valence-corrected chi connectivity index (χ1v) is 6.48. The first-order valence-electron chi connectivity index (χ1n) is 5.73. The average molecular weight is 328 g/mol. The number of pyridine rings is 2. The predicted molar refractivity (Wildman–Crippen MR) is 79.8 cm³/mol. The number of hydrogen-bond acceptors (Lipinski definition) is 6. The number of hydrogen-bond donors (Lipinski definition) is 1. The van der Waals surface area contributed by atoms with Gasteiger partial charge in [0.25, 0.3) is 0 Å². The lowest BCUT2D eigenvalue weighted by molar-refractivity contribution is 0.0594. The molecule has 0 aliphatic rings. The Labute approximate surface area is 130 Å². The highest BCUT2D eigenvalue weighted by molar-refractivity contribution is 6.35. The lowest BCUT2D eigenvalue weighted by Gasteiger charge is -2.10. The van der Waals surface area contributed by atoms with Gasteiger partial charge < -0.3 is 15.2 Å². The van der Waals surface area contributed by atoms with Gasteiger partial charge in [0.1, 0.15) is 5.15 Å². The quantitative estimate of drug-likeness (QED) is 0.689. The van der Waals surface area contributed by atoms with Crippen LogP contribution in [0, 0.1) is 0 Å². The van der Waals surface area contributed by atoms with Gasteiger partial charge in [-0.3, -0.25) is 0 Å². The van der Waals surface area contributed by atoms with E-state index in [-0.39, 0.29) is 27.4 Å². The summed E-state index contributed by atoms with van der Waals surface area (Å²) in [7, 11) is 2.68. The van der Waals surface area contributed by atoms with Gasteiger partial charge in [0.05, 0.1) is 36.2 Å². The first-order chi connectivity index (χ1) is 9.97. The predicted octanol–water partition coefficient (Wildman–Crippen LogP) is 2.83. The third-order valence-electron chi connectivity index (χ3n) is 2.66. The van der Waals surface area contributed by atoms with Crippen LogP contribution < -0.4 is 10.5 Å². The van der Waals surface area contributed by atoms with Gasteiger partial charge in [0.2, 0.25) is 5.88 Å². The maximum atomic E-state index is 11.7. The summed E-state index contributed by atoms with van der Waals surface area (Å²) in [5.74, 6) is -0.429. The summed E-state index contributed by atoms with van der Waals surface area (Å²) in [6.07, 6.45) is 0. The molecule has 0 fully saturated rings. The molecule has 0 radical (unpaired) electrons. The molecule has 0 saturated heterocycles. The van der Waals surface area contributed by atoms with Crippen LogP contribution in [0.3, 0.4) is 0 Å². The minimum Gasteiger partial charge on any atom is -0.480 e. The van der Waals surface area contributed by atoms with E-state index < -0.39 is 5.97 Å². The Hall–Kier alpha value is -2.05. The molecule has 2 rings (SSSR count). The van der Waals surface area contributed by atoms with Crippen molar-refractivity contribution in [2.24, 2.45) is 0 Å². The molecular formula is C13H11Cl2N3O3. The van der Waals surface area contributed by atoms with Crippen molar-refractivity contribution < 1.29 is 14.3 Å². The van der Waals surface area contributed by atoms with Gasteiger partial charge in [0, 0.05) is 0 Å². The monoisotopic (exact) mass is 327 g/mol. The Kier molecular flexibility index (Phi) is 4.50. The molecule has 2 N–H and O–H groups in total. The van der Waals surface area contributed by atoms with Crippen molar-refractivity contribution in [2.75, 3.05) is 20.0 Å². The largest absolute Gasteiger partial charge is 0.480 e. The standard InChI is InChI=1S/C13H11Cl2N3O3/c1-20-12-6(3-4-9(14)18-12)8-5-7(16)10(15)11(17-8)13(19)21-2/h3-5H,1-2H3,(H2,16,17). The molecule has 0 saturated carbocycles. The Bertz CT molecular complexity index is 707. The van der Waals surface area contributed by atoms with E-state index in [9.17, 15) is 4.79 Å². The molecule has 2 aromatic heterocycles. The molecule has 0 spiro atoms. The van der Waals surface area contributed by atoms with Crippen LogP contribution in [-0.2, 0) is 4.74 Å². The number of aromatic nitrogens is 2. The van der Waals surface area contributed by atoms with Gasteiger partial charge in [0.15, 0.2) is 5.69 Å². The molecule has 0 amide bonds. The van der Waals surface area contributed by atoms with Crippen LogP contribution in [0.2, 0.25) is 10.2 Å². The van der Waals surface area contributed by atoms with Crippen molar-refractivity contribution in [1.29, 1.82) is 0 Å². The number of halogens is 2. The van der Waals surface area contributed by atoms with Crippen molar-refractivity contribution in [3.8, 4) is 17.1 Å². The highest BCUT2D eigenvalue weighted by Crippen LogP contribution is 2.33. The fourth-order valence-corrected chi connectivity index (χ4v) is 2.00. The number of rotatable bonds is 3. The number of nitrogens with two attached hydrogens (primary N) is 1. The third-order valence-corrected chi connectivity index (χ3v) is 3.27. The summed E-state index contributed by atoms with van der Waals surface area (Å²) in [5.41, 5.74) is 6.82. The van der Waals surface area contributed by atoms with E-state index >= 15 is 0 Å². The zero-order chi connectivity index (χ0) is 15.6. The minimum atomic E-state index is -0.686. The molecule has 2 heterocycles. The normalized spacial score (nSPS) is 10.3. The van der Waals surface area contributed by atoms with Gasteiger partial charge in [-0.1, -0.05) is 23.2 Å². The number of nitrogens with zero attached hydrogens (tertiary/aromatic N) is 2. The fraction of sp³-hybridized carbons (Fsp3) is 0.154. The molecule has 2 aromatic rings. The van der Waals surface area contributed by atoms with E-state index in [1.165, 1.54) is 20.3 Å². The van der Waals surface area contributed by atoms with Crippen LogP contribution in [0.4, 0.5) is 5.69 Å². The van der Waals surface area contributed by atoms with Gasteiger partial charge in [-0.05, 0) is 18.2 Å². The van der Waals surface area contributed by atoms with Crippen molar-refractivity contribution in [3.63, 3.8) is 0 Å². The number of ether oxygens (including phenoxy) is 2. The summed E-state index contributed by atoms with van der Waals surface area (Å²) in [4.78, 5) is 19.9. The number of nitrogen functional groups attached to an aromatic ring is 1. The molecule has 21 heavy (non-hydrogen) atoms. The van der Waals surface area contributed by atoms with Crippen LogP contribution >= 0.6 is 23.2 Å². The summed E-state index contributed by atoms with van der Waals surface area (Å²) < 4.78 is 9.78. The molecule has 0 unspecified atom stereocenters. The first kappa shape index (κ1) is 15.3. The Balaban J connectivity index is 2.65. The number of carbonyl (C=O) groups is 1. The van der Waals surface area contributed by atoms with E-state index in [1.807, 2.05) is 0 Å². The Morgan fingerprint density at radius 3 is 2.57 bits per heavy atom. The summed E-state index contributed by atoms with van der Waals surface area (Å²) in [6, 6.07) is 4.75. The van der Waals surface area contributed by atoms with E-state index in [2.05, 4.69) is 14.7 Å². The molecule has 0 aliphatic carbocycles.